The van der Waals surface area contributed by atoms with Gasteiger partial charge in [-0.1, -0.05) is 49.4 Å². The van der Waals surface area contributed by atoms with Crippen LogP contribution < -0.4 is 5.32 Å². The summed E-state index contributed by atoms with van der Waals surface area (Å²) in [6.07, 6.45) is 3.24. The molecule has 0 spiro atoms. The van der Waals surface area contributed by atoms with Crippen LogP contribution in [0.4, 0.5) is 5.13 Å². The third-order valence-electron chi connectivity index (χ3n) is 4.43. The van der Waals surface area contributed by atoms with Crippen molar-refractivity contribution in [2.75, 3.05) is 5.32 Å². The Bertz CT molecular complexity index is 1050. The molecule has 0 fully saturated rings. The van der Waals surface area contributed by atoms with Crippen molar-refractivity contribution < 1.29 is 4.79 Å². The second-order valence-electron chi connectivity index (χ2n) is 6.17. The third kappa shape index (κ3) is 3.39. The number of aromatic amines is 1. The molecule has 0 aliphatic carbocycles. The Hall–Kier alpha value is -2.92. The maximum absolute atomic E-state index is 12.4. The standard InChI is InChI=1S/C21H19N3OS/c1-2-14-7-9-15(10-8-14)19-13-26-21(23-19)24-20(25)11-16-12-22-18-6-4-3-5-17(16)18/h3-10,12-13,22H,2,11H2,1H3,(H,23,24,25). The van der Waals surface area contributed by atoms with Crippen molar-refractivity contribution >= 4 is 33.3 Å². The van der Waals surface area contributed by atoms with Gasteiger partial charge in [0.15, 0.2) is 5.13 Å². The van der Waals surface area contributed by atoms with Crippen molar-refractivity contribution in [2.45, 2.75) is 19.8 Å². The first-order chi connectivity index (χ1) is 12.7. The molecule has 0 saturated carbocycles. The molecule has 26 heavy (non-hydrogen) atoms. The molecule has 0 atom stereocenters. The molecule has 0 radical (unpaired) electrons. The molecular weight excluding hydrogens is 342 g/mol. The van der Waals surface area contributed by atoms with Gasteiger partial charge in [0.1, 0.15) is 0 Å². The summed E-state index contributed by atoms with van der Waals surface area (Å²) in [5.74, 6) is -0.0583. The van der Waals surface area contributed by atoms with Gasteiger partial charge in [0.25, 0.3) is 0 Å². The fourth-order valence-corrected chi connectivity index (χ4v) is 3.73. The summed E-state index contributed by atoms with van der Waals surface area (Å²) >= 11 is 1.45. The molecule has 2 aromatic heterocycles. The van der Waals surface area contributed by atoms with Crippen LogP contribution in [0, 0.1) is 0 Å². The van der Waals surface area contributed by atoms with Gasteiger partial charge >= 0.3 is 0 Å². The van der Waals surface area contributed by atoms with Crippen LogP contribution in [0.15, 0.2) is 60.1 Å². The van der Waals surface area contributed by atoms with E-state index < -0.39 is 0 Å². The Kier molecular flexibility index (Phi) is 4.54. The summed E-state index contributed by atoms with van der Waals surface area (Å²) < 4.78 is 0. The molecule has 4 aromatic rings. The van der Waals surface area contributed by atoms with E-state index in [1.165, 1.54) is 16.9 Å². The van der Waals surface area contributed by atoms with E-state index in [4.69, 9.17) is 0 Å². The number of aromatic nitrogens is 2. The summed E-state index contributed by atoms with van der Waals surface area (Å²) in [5, 5.41) is 6.60. The average Bonchev–Trinajstić information content (AvgIpc) is 3.29. The van der Waals surface area contributed by atoms with E-state index in [9.17, 15) is 4.79 Å². The molecular formula is C21H19N3OS. The zero-order chi connectivity index (χ0) is 17.9. The van der Waals surface area contributed by atoms with Gasteiger partial charge in [0, 0.05) is 28.0 Å². The normalized spacial score (nSPS) is 11.0. The minimum Gasteiger partial charge on any atom is -0.361 e. The van der Waals surface area contributed by atoms with Crippen LogP contribution in [0.1, 0.15) is 18.1 Å². The van der Waals surface area contributed by atoms with Gasteiger partial charge in [0.05, 0.1) is 12.1 Å². The number of hydrogen-bond acceptors (Lipinski definition) is 3. The van der Waals surface area contributed by atoms with Gasteiger partial charge in [-0.15, -0.1) is 11.3 Å². The Balaban J connectivity index is 1.45. The van der Waals surface area contributed by atoms with E-state index in [-0.39, 0.29) is 5.91 Å². The lowest BCUT2D eigenvalue weighted by molar-refractivity contribution is -0.115. The van der Waals surface area contributed by atoms with Gasteiger partial charge < -0.3 is 10.3 Å². The molecule has 4 rings (SSSR count). The van der Waals surface area contributed by atoms with Gasteiger partial charge in [-0.25, -0.2) is 4.98 Å². The van der Waals surface area contributed by atoms with Crippen LogP contribution in [-0.2, 0) is 17.6 Å². The van der Waals surface area contributed by atoms with Gasteiger partial charge in [-0.2, -0.15) is 0 Å². The third-order valence-corrected chi connectivity index (χ3v) is 5.19. The molecule has 1 amide bonds. The SMILES string of the molecule is CCc1ccc(-c2csc(NC(=O)Cc3c[nH]c4ccccc34)n2)cc1. The molecule has 2 N–H and O–H groups in total. The van der Waals surface area contributed by atoms with Crippen molar-refractivity contribution in [2.24, 2.45) is 0 Å². The number of H-pyrrole nitrogens is 1. The molecule has 0 unspecified atom stereocenters. The number of carbonyl (C=O) groups excluding carboxylic acids is 1. The second-order valence-corrected chi connectivity index (χ2v) is 7.03. The summed E-state index contributed by atoms with van der Waals surface area (Å²) in [6, 6.07) is 16.4. The average molecular weight is 361 g/mol. The fourth-order valence-electron chi connectivity index (χ4n) is 2.99. The fraction of sp³-hybridized carbons (Fsp3) is 0.143. The monoisotopic (exact) mass is 361 g/mol. The molecule has 4 nitrogen and oxygen atoms in total. The molecule has 0 aliphatic heterocycles. The number of para-hydroxylation sites is 1. The van der Waals surface area contributed by atoms with Crippen molar-refractivity contribution in [3.05, 3.63) is 71.2 Å². The number of carbonyl (C=O) groups is 1. The van der Waals surface area contributed by atoms with Gasteiger partial charge in [-0.3, -0.25) is 4.79 Å². The quantitative estimate of drug-likeness (QED) is 0.523. The van der Waals surface area contributed by atoms with Crippen LogP contribution >= 0.6 is 11.3 Å². The predicted molar refractivity (Wildman–Crippen MR) is 108 cm³/mol. The highest BCUT2D eigenvalue weighted by Crippen LogP contribution is 2.26. The van der Waals surface area contributed by atoms with Crippen LogP contribution in [0.25, 0.3) is 22.2 Å². The van der Waals surface area contributed by atoms with Crippen LogP contribution in [-0.4, -0.2) is 15.9 Å². The Morgan fingerprint density at radius 2 is 1.96 bits per heavy atom. The maximum atomic E-state index is 12.4. The van der Waals surface area contributed by atoms with Crippen molar-refractivity contribution in [1.82, 2.24) is 9.97 Å². The summed E-state index contributed by atoms with van der Waals surface area (Å²) in [4.78, 5) is 20.1. The lowest BCUT2D eigenvalue weighted by Crippen LogP contribution is -2.13. The minimum absolute atomic E-state index is 0.0583. The molecule has 2 heterocycles. The number of nitrogens with one attached hydrogen (secondary N) is 2. The van der Waals surface area contributed by atoms with Gasteiger partial charge in [-0.05, 0) is 23.6 Å². The van der Waals surface area contributed by atoms with Crippen LogP contribution in [0.5, 0.6) is 0 Å². The lowest BCUT2D eigenvalue weighted by Gasteiger charge is -2.01. The van der Waals surface area contributed by atoms with Crippen LogP contribution in [0.2, 0.25) is 0 Å². The Morgan fingerprint density at radius 3 is 2.77 bits per heavy atom. The highest BCUT2D eigenvalue weighted by molar-refractivity contribution is 7.14. The zero-order valence-corrected chi connectivity index (χ0v) is 15.3. The lowest BCUT2D eigenvalue weighted by atomic mass is 10.1. The number of hydrogen-bond donors (Lipinski definition) is 2. The first-order valence-corrected chi connectivity index (χ1v) is 9.50. The van der Waals surface area contributed by atoms with E-state index in [1.54, 1.807) is 0 Å². The van der Waals surface area contributed by atoms with E-state index >= 15 is 0 Å². The molecule has 5 heteroatoms. The van der Waals surface area contributed by atoms with Crippen LogP contribution in [0.3, 0.4) is 0 Å². The number of amides is 1. The van der Waals surface area contributed by atoms with Gasteiger partial charge in [0.2, 0.25) is 5.91 Å². The predicted octanol–water partition coefficient (Wildman–Crippen LogP) is 5.04. The molecule has 0 aliphatic rings. The first kappa shape index (κ1) is 16.5. The van der Waals surface area contributed by atoms with E-state index in [2.05, 4.69) is 46.5 Å². The Labute approximate surface area is 155 Å². The summed E-state index contributed by atoms with van der Waals surface area (Å²) in [7, 11) is 0. The molecule has 0 bridgehead atoms. The smallest absolute Gasteiger partial charge is 0.230 e. The van der Waals surface area contributed by atoms with E-state index in [0.717, 1.165) is 34.1 Å². The number of rotatable bonds is 5. The zero-order valence-electron chi connectivity index (χ0n) is 14.5. The molecule has 0 saturated heterocycles. The number of anilines is 1. The maximum Gasteiger partial charge on any atom is 0.230 e. The second kappa shape index (κ2) is 7.14. The summed E-state index contributed by atoms with van der Waals surface area (Å²) in [6.45, 7) is 2.14. The minimum atomic E-state index is -0.0583. The Morgan fingerprint density at radius 1 is 1.15 bits per heavy atom. The topological polar surface area (TPSA) is 57.8 Å². The number of nitrogens with zero attached hydrogens (tertiary/aromatic N) is 1. The first-order valence-electron chi connectivity index (χ1n) is 8.62. The number of thiazole rings is 1. The molecule has 2 aromatic carbocycles. The van der Waals surface area contributed by atoms with Crippen molar-refractivity contribution in [3.63, 3.8) is 0 Å². The number of aryl methyl sites for hydroxylation is 1. The summed E-state index contributed by atoms with van der Waals surface area (Å²) in [5.41, 5.74) is 5.29. The highest BCUT2D eigenvalue weighted by Gasteiger charge is 2.11. The number of benzene rings is 2. The number of fused-ring (bicyclic) bond motifs is 1. The highest BCUT2D eigenvalue weighted by atomic mass is 32.1. The largest absolute Gasteiger partial charge is 0.361 e. The van der Waals surface area contributed by atoms with Crippen molar-refractivity contribution in [1.29, 1.82) is 0 Å². The van der Waals surface area contributed by atoms with E-state index in [1.807, 2.05) is 35.8 Å². The van der Waals surface area contributed by atoms with Crippen molar-refractivity contribution in [3.8, 4) is 11.3 Å². The molecule has 130 valence electrons. The van der Waals surface area contributed by atoms with E-state index in [0.29, 0.717) is 11.6 Å².